The lowest BCUT2D eigenvalue weighted by molar-refractivity contribution is -0.137. The Balaban J connectivity index is 2.56. The van der Waals surface area contributed by atoms with E-state index in [9.17, 15) is 23.1 Å². The summed E-state index contributed by atoms with van der Waals surface area (Å²) in [4.78, 5) is 10.4. The van der Waals surface area contributed by atoms with Crippen LogP contribution in [0.3, 0.4) is 0 Å². The van der Waals surface area contributed by atoms with E-state index in [1.165, 1.54) is 12.1 Å². The van der Waals surface area contributed by atoms with Gasteiger partial charge in [0.2, 0.25) is 0 Å². The summed E-state index contributed by atoms with van der Waals surface area (Å²) in [6.07, 6.45) is -6.53. The van der Waals surface area contributed by atoms with Gasteiger partial charge in [-0.3, -0.25) is 0 Å². The molecule has 5 nitrogen and oxygen atoms in total. The first-order valence-electron chi connectivity index (χ1n) is 5.79. The van der Waals surface area contributed by atoms with Crippen LogP contribution in [-0.4, -0.2) is 34.0 Å². The Labute approximate surface area is 113 Å². The topological polar surface area (TPSA) is 86.8 Å². The van der Waals surface area contributed by atoms with E-state index in [0.29, 0.717) is 10.6 Å². The van der Waals surface area contributed by atoms with Crippen molar-refractivity contribution in [1.29, 1.82) is 0 Å². The number of carbonyl (C=O) groups is 1. The predicted molar refractivity (Wildman–Crippen MR) is 64.7 cm³/mol. The molecule has 1 amide bonds. The van der Waals surface area contributed by atoms with E-state index < -0.39 is 23.9 Å². The van der Waals surface area contributed by atoms with Crippen molar-refractivity contribution >= 4 is 6.09 Å². The minimum absolute atomic E-state index is 0.113. The average molecular weight is 292 g/mol. The molecule has 1 unspecified atom stereocenters. The highest BCUT2D eigenvalue weighted by Crippen LogP contribution is 2.29. The zero-order chi connectivity index (χ0) is 15.3. The number of hydrazine groups is 1. The van der Waals surface area contributed by atoms with E-state index >= 15 is 0 Å². The maximum absolute atomic E-state index is 12.5. The van der Waals surface area contributed by atoms with Crippen LogP contribution < -0.4 is 5.84 Å². The maximum Gasteiger partial charge on any atom is 0.421 e. The smallest absolute Gasteiger partial charge is 0.421 e. The second kappa shape index (κ2) is 6.58. The number of rotatable bonds is 5. The van der Waals surface area contributed by atoms with Crippen LogP contribution in [0, 0.1) is 0 Å². The lowest BCUT2D eigenvalue weighted by Crippen LogP contribution is -2.41. The van der Waals surface area contributed by atoms with Crippen LogP contribution in [-0.2, 0) is 12.6 Å². The van der Waals surface area contributed by atoms with Gasteiger partial charge in [-0.25, -0.2) is 15.6 Å². The van der Waals surface area contributed by atoms with Crippen LogP contribution in [0.25, 0.3) is 0 Å². The van der Waals surface area contributed by atoms with Gasteiger partial charge in [-0.1, -0.05) is 18.2 Å². The third kappa shape index (κ3) is 5.06. The summed E-state index contributed by atoms with van der Waals surface area (Å²) in [5.41, 5.74) is -0.340. The van der Waals surface area contributed by atoms with Crippen LogP contribution in [0.1, 0.15) is 17.5 Å². The Hall–Kier alpha value is -1.80. The fourth-order valence-electron chi connectivity index (χ4n) is 1.63. The SMILES string of the molecule is NN(CC(O)CCc1cccc(C(F)(F)F)c1)C(=O)O. The van der Waals surface area contributed by atoms with E-state index in [1.54, 1.807) is 0 Å². The molecule has 4 N–H and O–H groups in total. The van der Waals surface area contributed by atoms with Crippen LogP contribution >= 0.6 is 0 Å². The number of halogens is 3. The van der Waals surface area contributed by atoms with Crippen molar-refractivity contribution in [2.75, 3.05) is 6.54 Å². The van der Waals surface area contributed by atoms with Gasteiger partial charge in [-0.15, -0.1) is 0 Å². The summed E-state index contributed by atoms with van der Waals surface area (Å²) in [6.45, 7) is -0.297. The predicted octanol–water partition coefficient (Wildman–Crippen LogP) is 1.85. The molecule has 1 aromatic carbocycles. The number of aryl methyl sites for hydroxylation is 1. The van der Waals surface area contributed by atoms with Gasteiger partial charge in [0.25, 0.3) is 0 Å². The van der Waals surface area contributed by atoms with E-state index in [-0.39, 0.29) is 19.4 Å². The summed E-state index contributed by atoms with van der Waals surface area (Å²) >= 11 is 0. The summed E-state index contributed by atoms with van der Waals surface area (Å²) in [7, 11) is 0. The summed E-state index contributed by atoms with van der Waals surface area (Å²) in [6, 6.07) is 4.77. The van der Waals surface area contributed by atoms with Crippen molar-refractivity contribution in [1.82, 2.24) is 5.01 Å². The minimum Gasteiger partial charge on any atom is -0.464 e. The molecule has 0 heterocycles. The fourth-order valence-corrected chi connectivity index (χ4v) is 1.63. The van der Waals surface area contributed by atoms with Crippen LogP contribution in [0.2, 0.25) is 0 Å². The second-order valence-electron chi connectivity index (χ2n) is 4.33. The van der Waals surface area contributed by atoms with Gasteiger partial charge in [0.1, 0.15) is 0 Å². The van der Waals surface area contributed by atoms with Gasteiger partial charge in [0, 0.05) is 0 Å². The Kier molecular flexibility index (Phi) is 5.34. The van der Waals surface area contributed by atoms with Gasteiger partial charge in [-0.2, -0.15) is 13.2 Å². The van der Waals surface area contributed by atoms with Crippen molar-refractivity contribution in [3.05, 3.63) is 35.4 Å². The molecule has 0 aliphatic heterocycles. The molecule has 0 aliphatic rings. The number of aliphatic hydroxyl groups excluding tert-OH is 1. The highest BCUT2D eigenvalue weighted by atomic mass is 19.4. The van der Waals surface area contributed by atoms with Crippen LogP contribution in [0.15, 0.2) is 24.3 Å². The molecule has 1 rings (SSSR count). The Morgan fingerprint density at radius 2 is 2.05 bits per heavy atom. The second-order valence-corrected chi connectivity index (χ2v) is 4.33. The van der Waals surface area contributed by atoms with E-state index in [1.807, 2.05) is 0 Å². The van der Waals surface area contributed by atoms with Gasteiger partial charge in [-0.05, 0) is 24.5 Å². The van der Waals surface area contributed by atoms with E-state index in [0.717, 1.165) is 12.1 Å². The molecule has 0 aromatic heterocycles. The Bertz CT molecular complexity index is 466. The number of nitrogens with two attached hydrogens (primary N) is 1. The van der Waals surface area contributed by atoms with Crippen LogP contribution in [0.4, 0.5) is 18.0 Å². The number of aliphatic hydroxyl groups is 1. The van der Waals surface area contributed by atoms with Crippen molar-refractivity contribution in [3.63, 3.8) is 0 Å². The molecule has 1 atom stereocenters. The van der Waals surface area contributed by atoms with Crippen molar-refractivity contribution in [2.45, 2.75) is 25.1 Å². The largest absolute Gasteiger partial charge is 0.464 e. The molecule has 0 radical (unpaired) electrons. The fraction of sp³-hybridized carbons (Fsp3) is 0.417. The molecule has 8 heteroatoms. The number of amides is 1. The van der Waals surface area contributed by atoms with Crippen molar-refractivity contribution in [2.24, 2.45) is 5.84 Å². The third-order valence-corrected chi connectivity index (χ3v) is 2.67. The molecule has 0 saturated heterocycles. The average Bonchev–Trinajstić information content (AvgIpc) is 2.35. The molecule has 1 aromatic rings. The summed E-state index contributed by atoms with van der Waals surface area (Å²) in [5, 5.41) is 18.5. The highest BCUT2D eigenvalue weighted by molar-refractivity contribution is 5.64. The molecule has 0 saturated carbocycles. The Morgan fingerprint density at radius 1 is 1.40 bits per heavy atom. The molecule has 0 spiro atoms. The normalized spacial score (nSPS) is 13.1. The molecular formula is C12H15F3N2O3. The molecule has 0 bridgehead atoms. The Morgan fingerprint density at radius 3 is 2.60 bits per heavy atom. The number of benzene rings is 1. The summed E-state index contributed by atoms with van der Waals surface area (Å²) < 4.78 is 37.5. The number of nitrogens with zero attached hydrogens (tertiary/aromatic N) is 1. The van der Waals surface area contributed by atoms with Gasteiger partial charge >= 0.3 is 12.3 Å². The van der Waals surface area contributed by atoms with Crippen LogP contribution in [0.5, 0.6) is 0 Å². The number of alkyl halides is 3. The first-order valence-corrected chi connectivity index (χ1v) is 5.79. The number of hydrogen-bond acceptors (Lipinski definition) is 3. The first kappa shape index (κ1) is 16.3. The quantitative estimate of drug-likeness (QED) is 0.439. The third-order valence-electron chi connectivity index (χ3n) is 2.67. The summed E-state index contributed by atoms with van der Waals surface area (Å²) in [5.74, 6) is 5.09. The highest BCUT2D eigenvalue weighted by Gasteiger charge is 2.30. The molecule has 20 heavy (non-hydrogen) atoms. The monoisotopic (exact) mass is 292 g/mol. The minimum atomic E-state index is -4.41. The van der Waals surface area contributed by atoms with Gasteiger partial charge in [0.15, 0.2) is 0 Å². The molecular weight excluding hydrogens is 277 g/mol. The zero-order valence-electron chi connectivity index (χ0n) is 10.5. The first-order chi connectivity index (χ1) is 9.20. The number of hydrogen-bond donors (Lipinski definition) is 3. The maximum atomic E-state index is 12.5. The van der Waals surface area contributed by atoms with Crippen molar-refractivity contribution in [3.8, 4) is 0 Å². The van der Waals surface area contributed by atoms with Gasteiger partial charge in [0.05, 0.1) is 18.2 Å². The molecule has 0 aliphatic carbocycles. The van der Waals surface area contributed by atoms with E-state index in [2.05, 4.69) is 0 Å². The molecule has 0 fully saturated rings. The van der Waals surface area contributed by atoms with Crippen molar-refractivity contribution < 1.29 is 28.2 Å². The lowest BCUT2D eigenvalue weighted by atomic mass is 10.0. The standard InChI is InChI=1S/C12H15F3N2O3/c13-12(14,15)9-3-1-2-8(6-9)4-5-10(18)7-17(16)11(19)20/h1-3,6,10,18H,4-5,7,16H2,(H,19,20). The lowest BCUT2D eigenvalue weighted by Gasteiger charge is -2.17. The molecule has 112 valence electrons. The van der Waals surface area contributed by atoms with E-state index in [4.69, 9.17) is 10.9 Å². The number of carboxylic acid groups (broad SMARTS) is 1. The zero-order valence-corrected chi connectivity index (χ0v) is 10.5. The van der Waals surface area contributed by atoms with Gasteiger partial charge < -0.3 is 10.2 Å².